The van der Waals surface area contributed by atoms with Gasteiger partial charge in [0.25, 0.3) is 5.91 Å². The summed E-state index contributed by atoms with van der Waals surface area (Å²) in [5.41, 5.74) is 5.88. The monoisotopic (exact) mass is 282 g/mol. The molecule has 2 rings (SSSR count). The van der Waals surface area contributed by atoms with Gasteiger partial charge in [-0.15, -0.1) is 0 Å². The highest BCUT2D eigenvalue weighted by Gasteiger charge is 2.06. The zero-order valence-corrected chi connectivity index (χ0v) is 12.1. The molecule has 4 heteroatoms. The molecule has 2 N–H and O–H groups in total. The van der Waals surface area contributed by atoms with Gasteiger partial charge in [-0.2, -0.15) is 5.10 Å². The maximum absolute atomic E-state index is 12.0. The molecule has 1 amide bonds. The Hall–Kier alpha value is -2.62. The third-order valence-electron chi connectivity index (χ3n) is 3.14. The fraction of sp³-hybridized carbons (Fsp3) is 0.176. The largest absolute Gasteiger partial charge is 0.508 e. The average Bonchev–Trinajstić information content (AvgIpc) is 2.50. The first kappa shape index (κ1) is 14.8. The topological polar surface area (TPSA) is 61.7 Å². The summed E-state index contributed by atoms with van der Waals surface area (Å²) in [5.74, 6) is -0.0300. The second-order valence-corrected chi connectivity index (χ2v) is 4.77. The molecule has 2 aromatic carbocycles. The summed E-state index contributed by atoms with van der Waals surface area (Å²) in [6.45, 7) is 3.93. The molecule has 0 spiro atoms. The lowest BCUT2D eigenvalue weighted by Gasteiger charge is -2.06. The van der Waals surface area contributed by atoms with Gasteiger partial charge in [0.2, 0.25) is 0 Å². The molecule has 0 aliphatic heterocycles. The summed E-state index contributed by atoms with van der Waals surface area (Å²) in [6, 6.07) is 14.1. The first-order valence-electron chi connectivity index (χ1n) is 6.83. The highest BCUT2D eigenvalue weighted by atomic mass is 16.3. The Kier molecular flexibility index (Phi) is 4.72. The lowest BCUT2D eigenvalue weighted by atomic mass is 10.1. The van der Waals surface area contributed by atoms with E-state index < -0.39 is 0 Å². The fourth-order valence-electron chi connectivity index (χ4n) is 1.89. The Morgan fingerprint density at radius 2 is 1.62 bits per heavy atom. The van der Waals surface area contributed by atoms with Crippen molar-refractivity contribution in [1.82, 2.24) is 5.43 Å². The zero-order chi connectivity index (χ0) is 15.2. The van der Waals surface area contributed by atoms with Crippen molar-refractivity contribution in [2.45, 2.75) is 20.3 Å². The van der Waals surface area contributed by atoms with Crippen molar-refractivity contribution >= 4 is 11.6 Å². The maximum Gasteiger partial charge on any atom is 0.271 e. The lowest BCUT2D eigenvalue weighted by Crippen LogP contribution is -2.19. The second-order valence-electron chi connectivity index (χ2n) is 4.77. The van der Waals surface area contributed by atoms with Crippen LogP contribution in [0.1, 0.15) is 34.8 Å². The van der Waals surface area contributed by atoms with Crippen LogP contribution in [-0.4, -0.2) is 16.7 Å². The molecule has 0 atom stereocenters. The van der Waals surface area contributed by atoms with Crippen LogP contribution in [0.2, 0.25) is 0 Å². The van der Waals surface area contributed by atoms with Gasteiger partial charge in [0.05, 0.1) is 5.71 Å². The minimum Gasteiger partial charge on any atom is -0.508 e. The predicted octanol–water partition coefficient (Wildman–Crippen LogP) is 3.24. The number of carbonyl (C=O) groups is 1. The van der Waals surface area contributed by atoms with Gasteiger partial charge < -0.3 is 5.11 Å². The molecule has 0 aliphatic carbocycles. The molecule has 0 fully saturated rings. The summed E-state index contributed by atoms with van der Waals surface area (Å²) in [6.07, 6.45) is 0.680. The van der Waals surface area contributed by atoms with Gasteiger partial charge >= 0.3 is 0 Å². The minimum atomic E-state index is -0.236. The molecule has 0 bridgehead atoms. The van der Waals surface area contributed by atoms with Crippen LogP contribution in [0.4, 0.5) is 0 Å². The molecule has 4 nitrogen and oxygen atoms in total. The van der Waals surface area contributed by atoms with Gasteiger partial charge in [-0.05, 0) is 55.3 Å². The molecule has 21 heavy (non-hydrogen) atoms. The molecular weight excluding hydrogens is 264 g/mol. The van der Waals surface area contributed by atoms with Crippen LogP contribution < -0.4 is 5.43 Å². The van der Waals surface area contributed by atoms with E-state index in [0.717, 1.165) is 16.8 Å². The van der Waals surface area contributed by atoms with Crippen LogP contribution in [0.3, 0.4) is 0 Å². The number of hydrazone groups is 1. The number of aryl methyl sites for hydroxylation is 1. The van der Waals surface area contributed by atoms with Crippen LogP contribution in [0.5, 0.6) is 5.75 Å². The molecular formula is C17H18N2O2. The minimum absolute atomic E-state index is 0.206. The van der Waals surface area contributed by atoms with Crippen molar-refractivity contribution in [2.24, 2.45) is 5.10 Å². The Morgan fingerprint density at radius 3 is 2.19 bits per heavy atom. The van der Waals surface area contributed by atoms with Gasteiger partial charge in [0.15, 0.2) is 0 Å². The van der Waals surface area contributed by atoms with E-state index in [9.17, 15) is 9.90 Å². The highest BCUT2D eigenvalue weighted by molar-refractivity contribution is 6.02. The number of amides is 1. The van der Waals surface area contributed by atoms with Gasteiger partial charge in [-0.1, -0.05) is 24.6 Å². The first-order valence-corrected chi connectivity index (χ1v) is 6.83. The number of phenolic OH excluding ortho intramolecular Hbond substituents is 1. The second kappa shape index (κ2) is 6.70. The number of rotatable bonds is 4. The van der Waals surface area contributed by atoms with Crippen molar-refractivity contribution in [3.63, 3.8) is 0 Å². The molecule has 0 heterocycles. The van der Waals surface area contributed by atoms with Gasteiger partial charge in [-0.25, -0.2) is 5.43 Å². The van der Waals surface area contributed by atoms with E-state index >= 15 is 0 Å². The summed E-state index contributed by atoms with van der Waals surface area (Å²) >= 11 is 0. The molecule has 0 saturated carbocycles. The Labute approximate surface area is 124 Å². The number of carbonyl (C=O) groups excluding carboxylic acids is 1. The molecule has 0 saturated heterocycles. The van der Waals surface area contributed by atoms with Crippen LogP contribution in [0.15, 0.2) is 53.6 Å². The van der Waals surface area contributed by atoms with Gasteiger partial charge in [0.1, 0.15) is 5.75 Å². The normalized spacial score (nSPS) is 11.2. The van der Waals surface area contributed by atoms with Crippen molar-refractivity contribution in [2.75, 3.05) is 0 Å². The number of nitrogens with zero attached hydrogens (tertiary/aromatic N) is 1. The number of hydrogen-bond donors (Lipinski definition) is 2. The molecule has 0 unspecified atom stereocenters. The van der Waals surface area contributed by atoms with Crippen LogP contribution in [0, 0.1) is 6.92 Å². The van der Waals surface area contributed by atoms with Crippen molar-refractivity contribution in [3.8, 4) is 5.75 Å². The Balaban J connectivity index is 2.12. The fourth-order valence-corrected chi connectivity index (χ4v) is 1.89. The molecule has 0 radical (unpaired) electrons. The van der Waals surface area contributed by atoms with E-state index in [0.29, 0.717) is 12.0 Å². The molecule has 0 aliphatic rings. The predicted molar refractivity (Wildman–Crippen MR) is 83.6 cm³/mol. The van der Waals surface area contributed by atoms with E-state index in [1.165, 1.54) is 0 Å². The summed E-state index contributed by atoms with van der Waals surface area (Å²) in [4.78, 5) is 12.0. The maximum atomic E-state index is 12.0. The van der Waals surface area contributed by atoms with E-state index in [1.807, 2.05) is 26.0 Å². The Bertz CT molecular complexity index is 643. The third-order valence-corrected chi connectivity index (χ3v) is 3.14. The number of nitrogens with one attached hydrogen (secondary N) is 1. The number of benzene rings is 2. The van der Waals surface area contributed by atoms with Crippen molar-refractivity contribution in [3.05, 3.63) is 65.2 Å². The average molecular weight is 282 g/mol. The van der Waals surface area contributed by atoms with Gasteiger partial charge in [0, 0.05) is 5.56 Å². The first-order chi connectivity index (χ1) is 10.1. The lowest BCUT2D eigenvalue weighted by molar-refractivity contribution is 0.0955. The van der Waals surface area contributed by atoms with Crippen LogP contribution in [-0.2, 0) is 0 Å². The van der Waals surface area contributed by atoms with E-state index in [4.69, 9.17) is 0 Å². The third kappa shape index (κ3) is 3.92. The summed E-state index contributed by atoms with van der Waals surface area (Å²) in [5, 5.41) is 13.5. The van der Waals surface area contributed by atoms with Crippen molar-refractivity contribution < 1.29 is 9.90 Å². The van der Waals surface area contributed by atoms with E-state index in [-0.39, 0.29) is 11.7 Å². The van der Waals surface area contributed by atoms with Gasteiger partial charge in [-0.3, -0.25) is 4.79 Å². The molecule has 108 valence electrons. The Morgan fingerprint density at radius 1 is 1.05 bits per heavy atom. The number of hydrogen-bond acceptors (Lipinski definition) is 3. The van der Waals surface area contributed by atoms with Crippen LogP contribution in [0.25, 0.3) is 0 Å². The number of aromatic hydroxyl groups is 1. The number of phenols is 1. The van der Waals surface area contributed by atoms with E-state index in [1.54, 1.807) is 36.4 Å². The summed E-state index contributed by atoms with van der Waals surface area (Å²) in [7, 11) is 0. The zero-order valence-electron chi connectivity index (χ0n) is 12.1. The van der Waals surface area contributed by atoms with Crippen LogP contribution >= 0.6 is 0 Å². The summed E-state index contributed by atoms with van der Waals surface area (Å²) < 4.78 is 0. The smallest absolute Gasteiger partial charge is 0.271 e. The van der Waals surface area contributed by atoms with Crippen molar-refractivity contribution in [1.29, 1.82) is 0 Å². The highest BCUT2D eigenvalue weighted by Crippen LogP contribution is 2.12. The molecule has 2 aromatic rings. The quantitative estimate of drug-likeness (QED) is 0.668. The standard InChI is InChI=1S/C17H18N2O2/c1-3-16(13-8-10-15(20)11-9-13)18-19-17(21)14-6-4-12(2)5-7-14/h4-11,20H,3H2,1-2H3,(H,19,21)/b18-16+. The SMILES string of the molecule is CC/C(=N\NC(=O)c1ccc(C)cc1)c1ccc(O)cc1. The molecule has 0 aromatic heterocycles. The van der Waals surface area contributed by atoms with E-state index in [2.05, 4.69) is 10.5 Å².